The quantitative estimate of drug-likeness (QED) is 0.474. The van der Waals surface area contributed by atoms with Gasteiger partial charge in [0.2, 0.25) is 0 Å². The lowest BCUT2D eigenvalue weighted by atomic mass is 10.0. The van der Waals surface area contributed by atoms with Crippen LogP contribution < -0.4 is 10.1 Å². The van der Waals surface area contributed by atoms with E-state index in [2.05, 4.69) is 5.32 Å². The number of benzene rings is 3. The third-order valence-corrected chi connectivity index (χ3v) is 4.44. The topological polar surface area (TPSA) is 81.7 Å². The molecule has 30 heavy (non-hydrogen) atoms. The summed E-state index contributed by atoms with van der Waals surface area (Å²) in [6, 6.07) is 21.9. The van der Waals surface area contributed by atoms with Crippen molar-refractivity contribution in [3.8, 4) is 5.75 Å². The Morgan fingerprint density at radius 2 is 1.33 bits per heavy atom. The number of ketones is 1. The summed E-state index contributed by atoms with van der Waals surface area (Å²) in [5.74, 6) is -0.775. The van der Waals surface area contributed by atoms with E-state index in [4.69, 9.17) is 9.47 Å². The highest BCUT2D eigenvalue weighted by atomic mass is 16.5. The van der Waals surface area contributed by atoms with Gasteiger partial charge in [0.15, 0.2) is 11.9 Å². The Morgan fingerprint density at radius 3 is 2.00 bits per heavy atom. The summed E-state index contributed by atoms with van der Waals surface area (Å²) in [4.78, 5) is 37.2. The number of nitrogens with one attached hydrogen (secondary N) is 1. The van der Waals surface area contributed by atoms with Crippen molar-refractivity contribution in [3.05, 3.63) is 95.6 Å². The van der Waals surface area contributed by atoms with Crippen LogP contribution in [0.4, 0.5) is 5.69 Å². The normalized spacial score (nSPS) is 11.3. The minimum absolute atomic E-state index is 0.139. The van der Waals surface area contributed by atoms with Crippen LogP contribution in [0.1, 0.15) is 33.2 Å². The Balaban J connectivity index is 1.62. The molecule has 0 saturated carbocycles. The van der Waals surface area contributed by atoms with Crippen LogP contribution >= 0.6 is 0 Å². The number of ether oxygens (including phenoxy) is 2. The van der Waals surface area contributed by atoms with E-state index < -0.39 is 18.0 Å². The SMILES string of the molecule is COc1ccccc1NC(=O)[C@H](C)OC(=O)c1ccc(C(=O)c2ccccc2)cc1. The largest absolute Gasteiger partial charge is 0.495 e. The van der Waals surface area contributed by atoms with E-state index in [1.165, 1.54) is 26.2 Å². The molecule has 0 bridgehead atoms. The van der Waals surface area contributed by atoms with Gasteiger partial charge >= 0.3 is 5.97 Å². The van der Waals surface area contributed by atoms with Crippen molar-refractivity contribution >= 4 is 23.3 Å². The Bertz CT molecular complexity index is 1040. The highest BCUT2D eigenvalue weighted by molar-refractivity contribution is 6.09. The van der Waals surface area contributed by atoms with Crippen LogP contribution in [-0.2, 0) is 9.53 Å². The van der Waals surface area contributed by atoms with Gasteiger partial charge in [-0.05, 0) is 31.2 Å². The van der Waals surface area contributed by atoms with Crippen LogP contribution in [0.15, 0.2) is 78.9 Å². The number of anilines is 1. The van der Waals surface area contributed by atoms with Crippen molar-refractivity contribution in [2.24, 2.45) is 0 Å². The van der Waals surface area contributed by atoms with Gasteiger partial charge in [-0.1, -0.05) is 54.6 Å². The minimum Gasteiger partial charge on any atom is -0.495 e. The van der Waals surface area contributed by atoms with E-state index in [0.29, 0.717) is 22.6 Å². The average Bonchev–Trinajstić information content (AvgIpc) is 2.79. The van der Waals surface area contributed by atoms with Crippen molar-refractivity contribution in [3.63, 3.8) is 0 Å². The van der Waals surface area contributed by atoms with Crippen molar-refractivity contribution < 1.29 is 23.9 Å². The molecule has 152 valence electrons. The predicted octanol–water partition coefficient (Wildman–Crippen LogP) is 4.11. The fourth-order valence-electron chi connectivity index (χ4n) is 2.78. The van der Waals surface area contributed by atoms with Gasteiger partial charge in [0.1, 0.15) is 5.75 Å². The first-order valence-corrected chi connectivity index (χ1v) is 9.34. The Kier molecular flexibility index (Phi) is 6.60. The maximum Gasteiger partial charge on any atom is 0.338 e. The van der Waals surface area contributed by atoms with Crippen LogP contribution in [0.2, 0.25) is 0 Å². The van der Waals surface area contributed by atoms with Gasteiger partial charge in [0.25, 0.3) is 5.91 Å². The summed E-state index contributed by atoms with van der Waals surface area (Å²) >= 11 is 0. The average molecular weight is 403 g/mol. The van der Waals surface area contributed by atoms with Crippen LogP contribution in [0.25, 0.3) is 0 Å². The lowest BCUT2D eigenvalue weighted by Crippen LogP contribution is -2.30. The zero-order chi connectivity index (χ0) is 21.5. The molecular weight excluding hydrogens is 382 g/mol. The molecule has 0 unspecified atom stereocenters. The molecule has 6 nitrogen and oxygen atoms in total. The summed E-state index contributed by atoms with van der Waals surface area (Å²) < 4.78 is 10.4. The maximum absolute atomic E-state index is 12.4. The van der Waals surface area contributed by atoms with Gasteiger partial charge in [0.05, 0.1) is 18.4 Å². The summed E-state index contributed by atoms with van der Waals surface area (Å²) in [6.45, 7) is 1.48. The number of rotatable bonds is 7. The molecule has 1 atom stereocenters. The molecule has 3 aromatic carbocycles. The maximum atomic E-state index is 12.4. The Hall–Kier alpha value is -3.93. The number of esters is 1. The van der Waals surface area contributed by atoms with E-state index in [9.17, 15) is 14.4 Å². The number of amides is 1. The second kappa shape index (κ2) is 9.52. The van der Waals surface area contributed by atoms with Gasteiger partial charge in [-0.3, -0.25) is 9.59 Å². The first-order valence-electron chi connectivity index (χ1n) is 9.34. The molecule has 0 aliphatic rings. The summed E-state index contributed by atoms with van der Waals surface area (Å²) in [5, 5.41) is 2.67. The zero-order valence-corrected chi connectivity index (χ0v) is 16.6. The monoisotopic (exact) mass is 403 g/mol. The van der Waals surface area contributed by atoms with Gasteiger partial charge in [-0.2, -0.15) is 0 Å². The van der Waals surface area contributed by atoms with E-state index in [1.54, 1.807) is 60.7 Å². The molecular formula is C24H21NO5. The zero-order valence-electron chi connectivity index (χ0n) is 16.6. The van der Waals surface area contributed by atoms with Gasteiger partial charge in [-0.25, -0.2) is 4.79 Å². The molecule has 0 aromatic heterocycles. The Labute approximate surface area is 174 Å². The van der Waals surface area contributed by atoms with E-state index in [1.807, 2.05) is 6.07 Å². The predicted molar refractivity (Wildman–Crippen MR) is 113 cm³/mol. The highest BCUT2D eigenvalue weighted by Gasteiger charge is 2.20. The first kappa shape index (κ1) is 20.8. The van der Waals surface area contributed by atoms with Crippen LogP contribution in [0.5, 0.6) is 5.75 Å². The molecule has 0 spiro atoms. The molecule has 0 aliphatic heterocycles. The number of carbonyl (C=O) groups excluding carboxylic acids is 3. The highest BCUT2D eigenvalue weighted by Crippen LogP contribution is 2.23. The number of para-hydroxylation sites is 2. The number of methoxy groups -OCH3 is 1. The molecule has 1 N–H and O–H groups in total. The molecule has 1 amide bonds. The fraction of sp³-hybridized carbons (Fsp3) is 0.125. The molecule has 6 heteroatoms. The number of carbonyl (C=O) groups is 3. The molecule has 0 aliphatic carbocycles. The van der Waals surface area contributed by atoms with Crippen LogP contribution in [0, 0.1) is 0 Å². The van der Waals surface area contributed by atoms with E-state index in [-0.39, 0.29) is 11.3 Å². The van der Waals surface area contributed by atoms with Crippen LogP contribution in [0.3, 0.4) is 0 Å². The second-order valence-corrected chi connectivity index (χ2v) is 6.51. The van der Waals surface area contributed by atoms with Crippen LogP contribution in [-0.4, -0.2) is 30.9 Å². The molecule has 0 radical (unpaired) electrons. The lowest BCUT2D eigenvalue weighted by Gasteiger charge is -2.15. The molecule has 0 fully saturated rings. The Morgan fingerprint density at radius 1 is 0.767 bits per heavy atom. The van der Waals surface area contributed by atoms with Crippen molar-refractivity contribution in [1.29, 1.82) is 0 Å². The number of hydrogen-bond donors (Lipinski definition) is 1. The van der Waals surface area contributed by atoms with Gasteiger partial charge in [-0.15, -0.1) is 0 Å². The fourth-order valence-corrected chi connectivity index (χ4v) is 2.78. The third kappa shape index (κ3) is 4.91. The summed E-state index contributed by atoms with van der Waals surface area (Å²) in [5.41, 5.74) is 1.75. The molecule has 0 saturated heterocycles. The van der Waals surface area contributed by atoms with Gasteiger partial charge in [0, 0.05) is 11.1 Å². The number of hydrogen-bond acceptors (Lipinski definition) is 5. The second-order valence-electron chi connectivity index (χ2n) is 6.51. The molecule has 0 heterocycles. The molecule has 3 rings (SSSR count). The third-order valence-electron chi connectivity index (χ3n) is 4.44. The first-order chi connectivity index (χ1) is 14.5. The standard InChI is InChI=1S/C24H21NO5/c1-16(23(27)25-20-10-6-7-11-21(20)29-2)30-24(28)19-14-12-18(13-15-19)22(26)17-8-4-3-5-9-17/h3-16H,1-2H3,(H,25,27)/t16-/m0/s1. The van der Waals surface area contributed by atoms with E-state index >= 15 is 0 Å². The van der Waals surface area contributed by atoms with Crippen molar-refractivity contribution in [2.75, 3.05) is 12.4 Å². The van der Waals surface area contributed by atoms with Gasteiger partial charge < -0.3 is 14.8 Å². The lowest BCUT2D eigenvalue weighted by molar-refractivity contribution is -0.123. The molecule has 3 aromatic rings. The smallest absolute Gasteiger partial charge is 0.338 e. The minimum atomic E-state index is -1.02. The summed E-state index contributed by atoms with van der Waals surface area (Å²) in [6.07, 6.45) is -1.02. The van der Waals surface area contributed by atoms with Crippen molar-refractivity contribution in [2.45, 2.75) is 13.0 Å². The van der Waals surface area contributed by atoms with E-state index in [0.717, 1.165) is 0 Å². The van der Waals surface area contributed by atoms with Crippen molar-refractivity contribution in [1.82, 2.24) is 0 Å². The summed E-state index contributed by atoms with van der Waals surface area (Å²) in [7, 11) is 1.50.